The van der Waals surface area contributed by atoms with E-state index < -0.39 is 0 Å². The van der Waals surface area contributed by atoms with Crippen molar-refractivity contribution in [2.24, 2.45) is 0 Å². The van der Waals surface area contributed by atoms with Gasteiger partial charge in [-0.25, -0.2) is 9.97 Å². The van der Waals surface area contributed by atoms with Crippen LogP contribution in [0.2, 0.25) is 0 Å². The summed E-state index contributed by atoms with van der Waals surface area (Å²) in [7, 11) is 0. The third-order valence-electron chi connectivity index (χ3n) is 6.62. The number of morpholine rings is 1. The Hall–Kier alpha value is -2.55. The first-order valence-electron chi connectivity index (χ1n) is 11.6. The third kappa shape index (κ3) is 4.92. The molecule has 3 aliphatic rings. The molecule has 2 saturated heterocycles. The Balaban J connectivity index is 1.23. The molecule has 32 heavy (non-hydrogen) atoms. The van der Waals surface area contributed by atoms with Crippen molar-refractivity contribution in [1.29, 1.82) is 0 Å². The first kappa shape index (κ1) is 21.3. The Morgan fingerprint density at radius 1 is 1.09 bits per heavy atom. The predicted octanol–water partition coefficient (Wildman–Crippen LogP) is 2.03. The van der Waals surface area contributed by atoms with Crippen LogP contribution < -0.4 is 5.32 Å². The number of hydrogen-bond acceptors (Lipinski definition) is 7. The molecule has 0 radical (unpaired) electrons. The molecule has 8 heteroatoms. The number of carbonyl (C=O) groups is 1. The average molecular weight is 438 g/mol. The zero-order valence-corrected chi connectivity index (χ0v) is 18.4. The monoisotopic (exact) mass is 437 g/mol. The van der Waals surface area contributed by atoms with Crippen LogP contribution in [-0.2, 0) is 27.2 Å². The summed E-state index contributed by atoms with van der Waals surface area (Å²) in [6, 6.07) is 10.8. The number of hydrogen-bond donors (Lipinski definition) is 1. The van der Waals surface area contributed by atoms with Crippen LogP contribution in [0.3, 0.4) is 0 Å². The van der Waals surface area contributed by atoms with Crippen molar-refractivity contribution in [2.75, 3.05) is 51.4 Å². The molecule has 1 atom stereocenters. The number of carbonyl (C=O) groups excluding carboxylic acids is 1. The molecule has 1 amide bonds. The van der Waals surface area contributed by atoms with E-state index >= 15 is 0 Å². The Kier molecular flexibility index (Phi) is 6.61. The van der Waals surface area contributed by atoms with Crippen molar-refractivity contribution < 1.29 is 14.3 Å². The topological polar surface area (TPSA) is 79.8 Å². The van der Waals surface area contributed by atoms with Gasteiger partial charge in [-0.2, -0.15) is 0 Å². The lowest BCUT2D eigenvalue weighted by molar-refractivity contribution is -0.135. The fraction of sp³-hybridized carbons (Fsp3) is 0.542. The molecule has 3 aliphatic heterocycles. The molecule has 1 aromatic heterocycles. The van der Waals surface area contributed by atoms with Crippen LogP contribution in [0.15, 0.2) is 36.5 Å². The Bertz CT molecular complexity index is 919. The van der Waals surface area contributed by atoms with E-state index in [0.717, 1.165) is 50.3 Å². The number of fused-ring (bicyclic) bond motifs is 1. The lowest BCUT2D eigenvalue weighted by Gasteiger charge is -2.37. The van der Waals surface area contributed by atoms with Gasteiger partial charge in [0.2, 0.25) is 11.9 Å². The summed E-state index contributed by atoms with van der Waals surface area (Å²) >= 11 is 0. The quantitative estimate of drug-likeness (QED) is 0.767. The first-order valence-corrected chi connectivity index (χ1v) is 11.6. The molecule has 5 rings (SSSR count). The molecule has 170 valence electrons. The zero-order chi connectivity index (χ0) is 21.8. The van der Waals surface area contributed by atoms with E-state index in [0.29, 0.717) is 44.8 Å². The second kappa shape index (κ2) is 9.94. The summed E-state index contributed by atoms with van der Waals surface area (Å²) in [6.07, 6.45) is 4.64. The lowest BCUT2D eigenvalue weighted by Crippen LogP contribution is -2.47. The van der Waals surface area contributed by atoms with Crippen molar-refractivity contribution in [3.05, 3.63) is 53.3 Å². The molecule has 2 fully saturated rings. The number of nitrogens with zero attached hydrogens (tertiary/aromatic N) is 4. The normalized spacial score (nSPS) is 22.4. The smallest absolute Gasteiger partial charge is 0.237 e. The van der Waals surface area contributed by atoms with Gasteiger partial charge in [-0.15, -0.1) is 0 Å². The molecule has 0 bridgehead atoms. The Labute approximate surface area is 188 Å². The van der Waals surface area contributed by atoms with Gasteiger partial charge in [0.1, 0.15) is 0 Å². The zero-order valence-electron chi connectivity index (χ0n) is 18.4. The highest BCUT2D eigenvalue weighted by molar-refractivity contribution is 5.78. The second-order valence-electron chi connectivity index (χ2n) is 8.73. The number of rotatable bonds is 5. The van der Waals surface area contributed by atoms with Gasteiger partial charge >= 0.3 is 0 Å². The molecule has 0 unspecified atom stereocenters. The number of amides is 1. The van der Waals surface area contributed by atoms with Crippen molar-refractivity contribution in [1.82, 2.24) is 19.8 Å². The van der Waals surface area contributed by atoms with Crippen LogP contribution in [0.25, 0.3) is 0 Å². The lowest BCUT2D eigenvalue weighted by atomic mass is 10.0. The number of aromatic nitrogens is 2. The number of nitrogens with one attached hydrogen (secondary N) is 1. The summed E-state index contributed by atoms with van der Waals surface area (Å²) in [5.74, 6) is 0.804. The van der Waals surface area contributed by atoms with Crippen LogP contribution in [-0.4, -0.2) is 77.8 Å². The van der Waals surface area contributed by atoms with Crippen molar-refractivity contribution in [3.8, 4) is 0 Å². The summed E-state index contributed by atoms with van der Waals surface area (Å²) in [5.41, 5.74) is 3.29. The highest BCUT2D eigenvalue weighted by atomic mass is 16.5. The molecule has 2 aromatic rings. The maximum absolute atomic E-state index is 13.2. The SMILES string of the molecule is O=C(CN1CCOC[C@@H]1c1ccccc1)N1CCc2cnc(NC3CCOCC3)nc2C1. The van der Waals surface area contributed by atoms with Gasteiger partial charge in [0, 0.05) is 38.5 Å². The molecule has 0 spiro atoms. The molecule has 1 N–H and O–H groups in total. The van der Waals surface area contributed by atoms with Crippen LogP contribution in [0.4, 0.5) is 5.95 Å². The molecular weight excluding hydrogens is 406 g/mol. The molecular formula is C24H31N5O3. The van der Waals surface area contributed by atoms with E-state index in [1.54, 1.807) is 0 Å². The second-order valence-corrected chi connectivity index (χ2v) is 8.73. The standard InChI is InChI=1S/C24H31N5O3/c30-23(16-28-10-13-32-17-22(28)18-4-2-1-3-5-18)29-9-6-19-14-25-24(27-21(19)15-29)26-20-7-11-31-12-8-20/h1-5,14,20,22H,6-13,15-17H2,(H,25,26,27)/t22-/m1/s1. The van der Waals surface area contributed by atoms with Crippen molar-refractivity contribution >= 4 is 11.9 Å². The highest BCUT2D eigenvalue weighted by Crippen LogP contribution is 2.25. The third-order valence-corrected chi connectivity index (χ3v) is 6.62. The maximum atomic E-state index is 13.2. The minimum absolute atomic E-state index is 0.114. The van der Waals surface area contributed by atoms with E-state index in [4.69, 9.17) is 14.5 Å². The molecule has 1 aromatic carbocycles. The average Bonchev–Trinajstić information content (AvgIpc) is 2.85. The van der Waals surface area contributed by atoms with E-state index in [2.05, 4.69) is 27.3 Å². The maximum Gasteiger partial charge on any atom is 0.237 e. The van der Waals surface area contributed by atoms with Gasteiger partial charge in [0.05, 0.1) is 38.0 Å². The molecule has 8 nitrogen and oxygen atoms in total. The van der Waals surface area contributed by atoms with Crippen LogP contribution in [0.1, 0.15) is 35.7 Å². The summed E-state index contributed by atoms with van der Waals surface area (Å²) in [5, 5.41) is 3.44. The van der Waals surface area contributed by atoms with Crippen LogP contribution in [0.5, 0.6) is 0 Å². The van der Waals surface area contributed by atoms with Gasteiger partial charge in [0.25, 0.3) is 0 Å². The van der Waals surface area contributed by atoms with Gasteiger partial charge in [-0.05, 0) is 30.4 Å². The van der Waals surface area contributed by atoms with Gasteiger partial charge in [-0.1, -0.05) is 30.3 Å². The minimum atomic E-state index is 0.114. The highest BCUT2D eigenvalue weighted by Gasteiger charge is 2.29. The van der Waals surface area contributed by atoms with E-state index in [9.17, 15) is 4.79 Å². The fourth-order valence-corrected chi connectivity index (χ4v) is 4.69. The fourth-order valence-electron chi connectivity index (χ4n) is 4.69. The van der Waals surface area contributed by atoms with E-state index in [-0.39, 0.29) is 11.9 Å². The van der Waals surface area contributed by atoms with Crippen molar-refractivity contribution in [2.45, 2.75) is 37.9 Å². The molecule has 0 aliphatic carbocycles. The largest absolute Gasteiger partial charge is 0.381 e. The van der Waals surface area contributed by atoms with Gasteiger partial charge in [0.15, 0.2) is 0 Å². The predicted molar refractivity (Wildman–Crippen MR) is 120 cm³/mol. The Morgan fingerprint density at radius 2 is 1.94 bits per heavy atom. The van der Waals surface area contributed by atoms with E-state index in [1.807, 2.05) is 29.3 Å². The minimum Gasteiger partial charge on any atom is -0.381 e. The molecule has 4 heterocycles. The van der Waals surface area contributed by atoms with Crippen LogP contribution >= 0.6 is 0 Å². The van der Waals surface area contributed by atoms with Gasteiger partial charge < -0.3 is 19.7 Å². The summed E-state index contributed by atoms with van der Waals surface area (Å²) < 4.78 is 11.1. The Morgan fingerprint density at radius 3 is 2.78 bits per heavy atom. The van der Waals surface area contributed by atoms with E-state index in [1.165, 1.54) is 5.56 Å². The van der Waals surface area contributed by atoms with Crippen LogP contribution in [0, 0.1) is 0 Å². The number of anilines is 1. The van der Waals surface area contributed by atoms with Gasteiger partial charge in [-0.3, -0.25) is 9.69 Å². The van der Waals surface area contributed by atoms with Crippen molar-refractivity contribution in [3.63, 3.8) is 0 Å². The first-order chi connectivity index (χ1) is 15.8. The molecule has 0 saturated carbocycles. The number of benzene rings is 1. The number of ether oxygens (including phenoxy) is 2. The summed E-state index contributed by atoms with van der Waals surface area (Å²) in [4.78, 5) is 26.7. The summed E-state index contributed by atoms with van der Waals surface area (Å²) in [6.45, 7) is 5.24.